The Kier molecular flexibility index (Phi) is 7.18. The number of carbonyl (C=O) groups excluding carboxylic acids is 1. The first-order valence-electron chi connectivity index (χ1n) is 9.39. The van der Waals surface area contributed by atoms with Crippen LogP contribution in [0.3, 0.4) is 0 Å². The highest BCUT2D eigenvalue weighted by Gasteiger charge is 2.33. The van der Waals surface area contributed by atoms with Crippen molar-refractivity contribution in [2.75, 3.05) is 5.32 Å². The summed E-state index contributed by atoms with van der Waals surface area (Å²) in [6.45, 7) is 0. The van der Waals surface area contributed by atoms with Crippen LogP contribution in [0.1, 0.15) is 11.1 Å². The van der Waals surface area contributed by atoms with Gasteiger partial charge in [0.05, 0.1) is 10.5 Å². The van der Waals surface area contributed by atoms with Gasteiger partial charge in [-0.25, -0.2) is 0 Å². The van der Waals surface area contributed by atoms with Gasteiger partial charge in [-0.3, -0.25) is 14.9 Å². The fourth-order valence-electron chi connectivity index (χ4n) is 2.77. The summed E-state index contributed by atoms with van der Waals surface area (Å²) in [7, 11) is 0. The van der Waals surface area contributed by atoms with Gasteiger partial charge in [-0.2, -0.15) is 18.4 Å². The van der Waals surface area contributed by atoms with Crippen LogP contribution in [0.2, 0.25) is 5.02 Å². The summed E-state index contributed by atoms with van der Waals surface area (Å²) in [6.07, 6.45) is -3.58. The van der Waals surface area contributed by atoms with Gasteiger partial charge in [-0.15, -0.1) is 0 Å². The van der Waals surface area contributed by atoms with Crippen molar-refractivity contribution in [2.45, 2.75) is 6.18 Å². The zero-order chi connectivity index (χ0) is 24.9. The number of benzene rings is 3. The number of nitrogens with one attached hydrogen (secondary N) is 1. The lowest BCUT2D eigenvalue weighted by Crippen LogP contribution is -2.13. The zero-order valence-electron chi connectivity index (χ0n) is 17.0. The van der Waals surface area contributed by atoms with E-state index in [1.54, 1.807) is 24.3 Å². The molecule has 0 fully saturated rings. The number of amides is 1. The molecular weight excluding hydrogens is 475 g/mol. The maximum Gasteiger partial charge on any atom is 0.416 e. The molecule has 7 nitrogen and oxygen atoms in total. The Balaban J connectivity index is 1.93. The third kappa shape index (κ3) is 5.90. The number of nitro benzene ring substituents is 1. The summed E-state index contributed by atoms with van der Waals surface area (Å²) in [5, 5.41) is 23.8. The van der Waals surface area contributed by atoms with Crippen molar-refractivity contribution in [3.8, 4) is 17.6 Å². The van der Waals surface area contributed by atoms with Crippen LogP contribution < -0.4 is 10.1 Å². The highest BCUT2D eigenvalue weighted by molar-refractivity contribution is 6.30. The number of para-hydroxylation sites is 1. The van der Waals surface area contributed by atoms with Crippen molar-refractivity contribution in [1.82, 2.24) is 0 Å². The second-order valence-electron chi connectivity index (χ2n) is 6.71. The molecule has 0 aromatic heterocycles. The minimum Gasteiger partial charge on any atom is -0.449 e. The van der Waals surface area contributed by atoms with Gasteiger partial charge in [0.1, 0.15) is 17.4 Å². The minimum atomic E-state index is -4.77. The summed E-state index contributed by atoms with van der Waals surface area (Å²) < 4.78 is 44.3. The fourth-order valence-corrected chi connectivity index (χ4v) is 2.90. The first kappa shape index (κ1) is 24.3. The molecule has 0 aliphatic carbocycles. The summed E-state index contributed by atoms with van der Waals surface area (Å²) in [6, 6.07) is 15.7. The second-order valence-corrected chi connectivity index (χ2v) is 7.14. The second kappa shape index (κ2) is 10.1. The lowest BCUT2D eigenvalue weighted by molar-refractivity contribution is -0.385. The number of anilines is 1. The average molecular weight is 488 g/mol. The lowest BCUT2D eigenvalue weighted by Gasteiger charge is -2.12. The van der Waals surface area contributed by atoms with E-state index in [0.29, 0.717) is 22.8 Å². The lowest BCUT2D eigenvalue weighted by atomic mass is 10.1. The molecule has 0 atom stereocenters. The molecule has 1 amide bonds. The van der Waals surface area contributed by atoms with Crippen LogP contribution in [0.4, 0.5) is 24.5 Å². The third-order valence-corrected chi connectivity index (χ3v) is 4.64. The van der Waals surface area contributed by atoms with Gasteiger partial charge in [0.25, 0.3) is 5.91 Å². The van der Waals surface area contributed by atoms with E-state index in [1.165, 1.54) is 36.4 Å². The van der Waals surface area contributed by atoms with Gasteiger partial charge in [-0.05, 0) is 48.5 Å². The van der Waals surface area contributed by atoms with Crippen molar-refractivity contribution in [1.29, 1.82) is 5.26 Å². The molecule has 0 spiro atoms. The normalized spacial score (nSPS) is 11.4. The van der Waals surface area contributed by atoms with Crippen molar-refractivity contribution in [2.24, 2.45) is 0 Å². The molecule has 172 valence electrons. The van der Waals surface area contributed by atoms with Gasteiger partial charge in [0, 0.05) is 22.3 Å². The number of nitrogens with zero attached hydrogens (tertiary/aromatic N) is 2. The number of alkyl halides is 3. The first-order chi connectivity index (χ1) is 16.1. The zero-order valence-corrected chi connectivity index (χ0v) is 17.7. The van der Waals surface area contributed by atoms with Gasteiger partial charge in [0.2, 0.25) is 5.75 Å². The van der Waals surface area contributed by atoms with Crippen LogP contribution in [0, 0.1) is 21.4 Å². The molecule has 1 N–H and O–H groups in total. The number of rotatable bonds is 6. The van der Waals surface area contributed by atoms with Crippen LogP contribution in [-0.2, 0) is 11.0 Å². The van der Waals surface area contributed by atoms with E-state index in [9.17, 15) is 33.3 Å². The molecule has 0 heterocycles. The van der Waals surface area contributed by atoms with Gasteiger partial charge < -0.3 is 10.1 Å². The molecule has 11 heteroatoms. The number of halogens is 4. The molecule has 0 radical (unpaired) electrons. The predicted molar refractivity (Wildman–Crippen MR) is 118 cm³/mol. The Morgan fingerprint density at radius 2 is 1.76 bits per heavy atom. The number of ether oxygens (including phenoxy) is 1. The first-order valence-corrected chi connectivity index (χ1v) is 9.77. The summed E-state index contributed by atoms with van der Waals surface area (Å²) in [5.74, 6) is -1.19. The molecule has 3 aromatic carbocycles. The SMILES string of the molecule is N#C/C(=C\c1ccccc1Oc1ccc(C(F)(F)F)cc1[N+](=O)[O-])C(=O)Nc1ccc(Cl)cc1. The van der Waals surface area contributed by atoms with Crippen LogP contribution in [0.5, 0.6) is 11.5 Å². The highest BCUT2D eigenvalue weighted by atomic mass is 35.5. The Hall–Kier alpha value is -4.36. The summed E-state index contributed by atoms with van der Waals surface area (Å²) in [4.78, 5) is 22.8. The summed E-state index contributed by atoms with van der Waals surface area (Å²) >= 11 is 5.80. The standard InChI is InChI=1S/C23H13ClF3N3O4/c24-17-6-8-18(9-7-17)29-22(31)15(13-28)11-14-3-1-2-4-20(14)34-21-10-5-16(23(25,26)27)12-19(21)30(32)33/h1-12H,(H,29,31)/b15-11+. The number of nitriles is 1. The molecule has 0 bridgehead atoms. The minimum absolute atomic E-state index is 0.0163. The van der Waals surface area contributed by atoms with E-state index in [1.807, 2.05) is 0 Å². The van der Waals surface area contributed by atoms with E-state index >= 15 is 0 Å². The highest BCUT2D eigenvalue weighted by Crippen LogP contribution is 2.38. The Labute approximate surface area is 195 Å². The average Bonchev–Trinajstić information content (AvgIpc) is 2.79. The maximum atomic E-state index is 12.9. The van der Waals surface area contributed by atoms with E-state index < -0.39 is 34.0 Å². The number of carbonyl (C=O) groups is 1. The molecule has 0 saturated heterocycles. The molecule has 0 saturated carbocycles. The van der Waals surface area contributed by atoms with Crippen molar-refractivity contribution in [3.05, 3.63) is 98.6 Å². The predicted octanol–water partition coefficient (Wildman–Crippen LogP) is 6.60. The Bertz CT molecular complexity index is 1320. The molecule has 0 aliphatic rings. The monoisotopic (exact) mass is 487 g/mol. The molecule has 0 aliphatic heterocycles. The maximum absolute atomic E-state index is 12.9. The van der Waals surface area contributed by atoms with Crippen molar-refractivity contribution in [3.63, 3.8) is 0 Å². The number of nitro groups is 1. The van der Waals surface area contributed by atoms with Gasteiger partial charge in [-0.1, -0.05) is 29.8 Å². The third-order valence-electron chi connectivity index (χ3n) is 4.39. The van der Waals surface area contributed by atoms with E-state index in [0.717, 1.165) is 6.07 Å². The summed E-state index contributed by atoms with van der Waals surface area (Å²) in [5.41, 5.74) is -1.83. The van der Waals surface area contributed by atoms with Crippen LogP contribution in [-0.4, -0.2) is 10.8 Å². The van der Waals surface area contributed by atoms with Crippen LogP contribution >= 0.6 is 11.6 Å². The molecule has 3 aromatic rings. The quantitative estimate of drug-likeness (QED) is 0.182. The van der Waals surface area contributed by atoms with Crippen molar-refractivity contribution < 1.29 is 27.6 Å². The van der Waals surface area contributed by atoms with Crippen LogP contribution in [0.15, 0.2) is 72.3 Å². The van der Waals surface area contributed by atoms with E-state index in [4.69, 9.17) is 16.3 Å². The fraction of sp³-hybridized carbons (Fsp3) is 0.0435. The van der Waals surface area contributed by atoms with Gasteiger partial charge >= 0.3 is 11.9 Å². The molecule has 3 rings (SSSR count). The topological polar surface area (TPSA) is 105 Å². The molecular formula is C23H13ClF3N3O4. The van der Waals surface area contributed by atoms with E-state index in [2.05, 4.69) is 5.32 Å². The number of hydrogen-bond donors (Lipinski definition) is 1. The molecule has 0 unspecified atom stereocenters. The smallest absolute Gasteiger partial charge is 0.416 e. The number of hydrogen-bond acceptors (Lipinski definition) is 5. The van der Waals surface area contributed by atoms with Crippen molar-refractivity contribution >= 4 is 35.0 Å². The Morgan fingerprint density at radius 1 is 1.09 bits per heavy atom. The largest absolute Gasteiger partial charge is 0.449 e. The molecule has 34 heavy (non-hydrogen) atoms. The van der Waals surface area contributed by atoms with Gasteiger partial charge in [0.15, 0.2) is 0 Å². The Morgan fingerprint density at radius 3 is 2.38 bits per heavy atom. The van der Waals surface area contributed by atoms with Crippen LogP contribution in [0.25, 0.3) is 6.08 Å². The van der Waals surface area contributed by atoms with E-state index in [-0.39, 0.29) is 16.9 Å².